The summed E-state index contributed by atoms with van der Waals surface area (Å²) in [5, 5.41) is 0. The summed E-state index contributed by atoms with van der Waals surface area (Å²) in [7, 11) is 1.74. The highest BCUT2D eigenvalue weighted by molar-refractivity contribution is 7.80. The minimum atomic E-state index is -0.0599. The van der Waals surface area contributed by atoms with Gasteiger partial charge >= 0.3 is 0 Å². The highest BCUT2D eigenvalue weighted by atomic mass is 32.1. The summed E-state index contributed by atoms with van der Waals surface area (Å²) in [5.41, 5.74) is 8.05. The van der Waals surface area contributed by atoms with Crippen LogP contribution < -0.4 is 5.73 Å². The van der Waals surface area contributed by atoms with Crippen molar-refractivity contribution in [3.05, 3.63) is 16.1 Å². The first-order valence-electron chi connectivity index (χ1n) is 4.42. The van der Waals surface area contributed by atoms with Crippen LogP contribution in [-0.2, 0) is 11.3 Å². The van der Waals surface area contributed by atoms with E-state index in [0.717, 1.165) is 10.6 Å². The molecule has 82 valence electrons. The Labute approximate surface area is 98.1 Å². The molecule has 0 aliphatic heterocycles. The van der Waals surface area contributed by atoms with Crippen LogP contribution in [-0.4, -0.2) is 27.8 Å². The standard InChI is InChI=1S/C9H13N3OS2/c1-6-7(15-5-11-6)4-12(2)9(13)3-8(10)14/h5H,3-4H2,1-2H3,(H2,10,14). The summed E-state index contributed by atoms with van der Waals surface area (Å²) in [4.78, 5) is 18.6. The number of rotatable bonds is 4. The molecule has 0 aliphatic rings. The second kappa shape index (κ2) is 5.18. The quantitative estimate of drug-likeness (QED) is 0.804. The fourth-order valence-corrected chi connectivity index (χ4v) is 2.02. The summed E-state index contributed by atoms with van der Waals surface area (Å²) in [6, 6.07) is 0. The Morgan fingerprint density at radius 3 is 2.87 bits per heavy atom. The van der Waals surface area contributed by atoms with Crippen molar-refractivity contribution in [2.75, 3.05) is 7.05 Å². The molecule has 1 amide bonds. The van der Waals surface area contributed by atoms with Crippen LogP contribution in [0.15, 0.2) is 5.51 Å². The number of thiazole rings is 1. The number of thiocarbonyl (C=S) groups is 1. The third kappa shape index (κ3) is 3.56. The smallest absolute Gasteiger partial charge is 0.229 e. The Morgan fingerprint density at radius 2 is 2.40 bits per heavy atom. The molecule has 1 rings (SSSR count). The molecule has 1 aromatic heterocycles. The first kappa shape index (κ1) is 12.1. The monoisotopic (exact) mass is 243 g/mol. The minimum Gasteiger partial charge on any atom is -0.393 e. The van der Waals surface area contributed by atoms with Gasteiger partial charge in [0.25, 0.3) is 0 Å². The highest BCUT2D eigenvalue weighted by Crippen LogP contribution is 2.14. The van der Waals surface area contributed by atoms with E-state index in [1.807, 2.05) is 6.92 Å². The van der Waals surface area contributed by atoms with E-state index in [2.05, 4.69) is 17.2 Å². The zero-order valence-electron chi connectivity index (χ0n) is 8.69. The number of carbonyl (C=O) groups is 1. The number of aryl methyl sites for hydroxylation is 1. The van der Waals surface area contributed by atoms with Crippen molar-refractivity contribution >= 4 is 34.5 Å². The third-order valence-electron chi connectivity index (χ3n) is 1.98. The van der Waals surface area contributed by atoms with Crippen molar-refractivity contribution in [3.63, 3.8) is 0 Å². The predicted molar refractivity (Wildman–Crippen MR) is 64.7 cm³/mol. The van der Waals surface area contributed by atoms with Crippen molar-refractivity contribution in [2.45, 2.75) is 19.9 Å². The fraction of sp³-hybridized carbons (Fsp3) is 0.444. The molecule has 2 N–H and O–H groups in total. The Bertz CT molecular complexity index is 375. The largest absolute Gasteiger partial charge is 0.393 e. The molecule has 0 spiro atoms. The van der Waals surface area contributed by atoms with Gasteiger partial charge in [-0.1, -0.05) is 12.2 Å². The van der Waals surface area contributed by atoms with Crippen molar-refractivity contribution in [1.29, 1.82) is 0 Å². The van der Waals surface area contributed by atoms with Crippen LogP contribution in [0.3, 0.4) is 0 Å². The molecule has 0 fully saturated rings. The number of aromatic nitrogens is 1. The average Bonchev–Trinajstić information content (AvgIpc) is 2.50. The molecule has 0 bridgehead atoms. The van der Waals surface area contributed by atoms with Crippen molar-refractivity contribution in [1.82, 2.24) is 9.88 Å². The second-order valence-corrected chi connectivity index (χ2v) is 4.72. The van der Waals surface area contributed by atoms with Crippen LogP contribution in [0.2, 0.25) is 0 Å². The van der Waals surface area contributed by atoms with E-state index in [9.17, 15) is 4.79 Å². The predicted octanol–water partition coefficient (Wildman–Crippen LogP) is 1.09. The van der Waals surface area contributed by atoms with Crippen molar-refractivity contribution in [2.24, 2.45) is 5.73 Å². The van der Waals surface area contributed by atoms with Gasteiger partial charge in [-0.25, -0.2) is 4.98 Å². The van der Waals surface area contributed by atoms with Crippen molar-refractivity contribution in [3.8, 4) is 0 Å². The number of carbonyl (C=O) groups excluding carboxylic acids is 1. The van der Waals surface area contributed by atoms with Gasteiger partial charge in [0.2, 0.25) is 5.91 Å². The van der Waals surface area contributed by atoms with Gasteiger partial charge in [-0.3, -0.25) is 4.79 Å². The zero-order valence-corrected chi connectivity index (χ0v) is 10.3. The molecule has 0 radical (unpaired) electrons. The van der Waals surface area contributed by atoms with Gasteiger partial charge in [0.15, 0.2) is 0 Å². The summed E-state index contributed by atoms with van der Waals surface area (Å²) in [5.74, 6) is -0.0599. The molecule has 6 heteroatoms. The summed E-state index contributed by atoms with van der Waals surface area (Å²) in [6.07, 6.45) is 0.129. The Morgan fingerprint density at radius 1 is 1.73 bits per heavy atom. The minimum absolute atomic E-state index is 0.0599. The van der Waals surface area contributed by atoms with E-state index >= 15 is 0 Å². The number of nitrogens with two attached hydrogens (primary N) is 1. The Balaban J connectivity index is 2.56. The number of nitrogens with zero attached hydrogens (tertiary/aromatic N) is 2. The lowest BCUT2D eigenvalue weighted by Crippen LogP contribution is -2.29. The van der Waals surface area contributed by atoms with Crippen LogP contribution in [0, 0.1) is 6.92 Å². The van der Waals surface area contributed by atoms with Crippen LogP contribution in [0.25, 0.3) is 0 Å². The molecule has 0 aromatic carbocycles. The molecule has 0 atom stereocenters. The molecule has 15 heavy (non-hydrogen) atoms. The van der Waals surface area contributed by atoms with Gasteiger partial charge in [-0.15, -0.1) is 11.3 Å². The molecule has 0 saturated heterocycles. The Kier molecular flexibility index (Phi) is 4.16. The number of hydrogen-bond donors (Lipinski definition) is 1. The van der Waals surface area contributed by atoms with Crippen LogP contribution in [0.4, 0.5) is 0 Å². The molecule has 0 saturated carbocycles. The maximum atomic E-state index is 11.5. The zero-order chi connectivity index (χ0) is 11.4. The van der Waals surface area contributed by atoms with E-state index in [1.54, 1.807) is 28.8 Å². The normalized spacial score (nSPS) is 10.0. The second-order valence-electron chi connectivity index (χ2n) is 3.25. The van der Waals surface area contributed by atoms with E-state index in [0.29, 0.717) is 6.54 Å². The molecule has 0 unspecified atom stereocenters. The van der Waals surface area contributed by atoms with Gasteiger partial charge in [0, 0.05) is 11.9 Å². The van der Waals surface area contributed by atoms with Gasteiger partial charge < -0.3 is 10.6 Å². The summed E-state index contributed by atoms with van der Waals surface area (Å²) >= 11 is 6.23. The number of hydrogen-bond acceptors (Lipinski definition) is 4. The van der Waals surface area contributed by atoms with Crippen LogP contribution in [0.1, 0.15) is 17.0 Å². The van der Waals surface area contributed by atoms with Crippen LogP contribution >= 0.6 is 23.6 Å². The fourth-order valence-electron chi connectivity index (χ4n) is 1.07. The number of amides is 1. The third-order valence-corrected chi connectivity index (χ3v) is 3.04. The van der Waals surface area contributed by atoms with E-state index in [-0.39, 0.29) is 17.3 Å². The molecule has 0 aliphatic carbocycles. The SMILES string of the molecule is Cc1ncsc1CN(C)C(=O)CC(N)=S. The molecule has 1 heterocycles. The highest BCUT2D eigenvalue weighted by Gasteiger charge is 2.12. The Hall–Kier alpha value is -1.01. The lowest BCUT2D eigenvalue weighted by Gasteiger charge is -2.15. The summed E-state index contributed by atoms with van der Waals surface area (Å²) < 4.78 is 0. The summed E-state index contributed by atoms with van der Waals surface area (Å²) in [6.45, 7) is 2.50. The topological polar surface area (TPSA) is 59.2 Å². The first-order chi connectivity index (χ1) is 7.00. The van der Waals surface area contributed by atoms with Gasteiger partial charge in [0.1, 0.15) is 0 Å². The molecular weight excluding hydrogens is 230 g/mol. The maximum Gasteiger partial charge on any atom is 0.229 e. The van der Waals surface area contributed by atoms with Gasteiger partial charge in [0.05, 0.1) is 29.2 Å². The van der Waals surface area contributed by atoms with E-state index in [1.165, 1.54) is 0 Å². The van der Waals surface area contributed by atoms with E-state index in [4.69, 9.17) is 5.73 Å². The van der Waals surface area contributed by atoms with Crippen LogP contribution in [0.5, 0.6) is 0 Å². The van der Waals surface area contributed by atoms with Crippen molar-refractivity contribution < 1.29 is 4.79 Å². The van der Waals surface area contributed by atoms with Gasteiger partial charge in [-0.2, -0.15) is 0 Å². The molecule has 1 aromatic rings. The molecule has 4 nitrogen and oxygen atoms in total. The average molecular weight is 243 g/mol. The lowest BCUT2D eigenvalue weighted by molar-refractivity contribution is -0.129. The lowest BCUT2D eigenvalue weighted by atomic mass is 10.3. The van der Waals surface area contributed by atoms with E-state index < -0.39 is 0 Å². The first-order valence-corrected chi connectivity index (χ1v) is 5.70. The molecular formula is C9H13N3OS2. The maximum absolute atomic E-state index is 11.5. The van der Waals surface area contributed by atoms with Gasteiger partial charge in [-0.05, 0) is 6.92 Å².